The molecule has 0 aliphatic heterocycles. The van der Waals surface area contributed by atoms with Crippen LogP contribution < -0.4 is 0 Å². The average Bonchev–Trinajstić information content (AvgIpc) is 2.81. The Bertz CT molecular complexity index is 832. The average molecular weight is 293 g/mol. The molecule has 3 aromatic rings. The van der Waals surface area contributed by atoms with Gasteiger partial charge < -0.3 is 9.67 Å². The van der Waals surface area contributed by atoms with E-state index in [-0.39, 0.29) is 0 Å². The van der Waals surface area contributed by atoms with Crippen molar-refractivity contribution >= 4 is 16.9 Å². The van der Waals surface area contributed by atoms with Crippen LogP contribution in [0.2, 0.25) is 0 Å². The van der Waals surface area contributed by atoms with E-state index in [1.54, 1.807) is 0 Å². The molecule has 22 heavy (non-hydrogen) atoms. The molecule has 1 heterocycles. The SMILES string of the molecule is CCCn1c(C(=O)O)c(C)c2cc(-c3ccccc3)ccc21. The third kappa shape index (κ3) is 2.29. The van der Waals surface area contributed by atoms with Gasteiger partial charge in [0.2, 0.25) is 0 Å². The molecule has 0 bridgehead atoms. The zero-order chi connectivity index (χ0) is 15.7. The molecule has 0 spiro atoms. The number of nitrogens with zero attached hydrogens (tertiary/aromatic N) is 1. The van der Waals surface area contributed by atoms with E-state index in [9.17, 15) is 9.90 Å². The molecule has 0 aliphatic carbocycles. The summed E-state index contributed by atoms with van der Waals surface area (Å²) in [6.07, 6.45) is 0.907. The van der Waals surface area contributed by atoms with Crippen LogP contribution in [-0.2, 0) is 6.54 Å². The van der Waals surface area contributed by atoms with Crippen molar-refractivity contribution in [3.63, 3.8) is 0 Å². The van der Waals surface area contributed by atoms with Crippen LogP contribution in [0.4, 0.5) is 0 Å². The van der Waals surface area contributed by atoms with Crippen LogP contribution in [0.1, 0.15) is 29.4 Å². The lowest BCUT2D eigenvalue weighted by Gasteiger charge is -2.07. The molecular formula is C19H19NO2. The van der Waals surface area contributed by atoms with Gasteiger partial charge in [-0.2, -0.15) is 0 Å². The quantitative estimate of drug-likeness (QED) is 0.756. The van der Waals surface area contributed by atoms with Crippen molar-refractivity contribution in [2.24, 2.45) is 0 Å². The standard InChI is InChI=1S/C19H19NO2/c1-3-11-20-17-10-9-15(14-7-5-4-6-8-14)12-16(17)13(2)18(20)19(21)22/h4-10,12H,3,11H2,1-2H3,(H,21,22). The molecule has 0 saturated carbocycles. The van der Waals surface area contributed by atoms with Gasteiger partial charge in [-0.25, -0.2) is 4.79 Å². The number of hydrogen-bond acceptors (Lipinski definition) is 1. The minimum absolute atomic E-state index is 0.405. The fourth-order valence-corrected chi connectivity index (χ4v) is 3.06. The topological polar surface area (TPSA) is 42.2 Å². The van der Waals surface area contributed by atoms with Crippen molar-refractivity contribution in [3.8, 4) is 11.1 Å². The first-order chi connectivity index (χ1) is 10.6. The molecule has 3 nitrogen and oxygen atoms in total. The van der Waals surface area contributed by atoms with Crippen LogP contribution in [0.15, 0.2) is 48.5 Å². The molecule has 0 unspecified atom stereocenters. The van der Waals surface area contributed by atoms with E-state index < -0.39 is 5.97 Å². The van der Waals surface area contributed by atoms with Crippen LogP contribution in [0.25, 0.3) is 22.0 Å². The molecule has 0 fully saturated rings. The second-order valence-electron chi connectivity index (χ2n) is 5.53. The van der Waals surface area contributed by atoms with Crippen LogP contribution >= 0.6 is 0 Å². The summed E-state index contributed by atoms with van der Waals surface area (Å²) >= 11 is 0. The summed E-state index contributed by atoms with van der Waals surface area (Å²) in [5.41, 5.74) is 4.50. The summed E-state index contributed by atoms with van der Waals surface area (Å²) in [6, 6.07) is 16.3. The zero-order valence-electron chi connectivity index (χ0n) is 12.8. The largest absolute Gasteiger partial charge is 0.477 e. The van der Waals surface area contributed by atoms with E-state index in [4.69, 9.17) is 0 Å². The summed E-state index contributed by atoms with van der Waals surface area (Å²) in [5, 5.41) is 10.6. The summed E-state index contributed by atoms with van der Waals surface area (Å²) in [6.45, 7) is 4.68. The Morgan fingerprint density at radius 1 is 1.09 bits per heavy atom. The predicted molar refractivity (Wildman–Crippen MR) is 89.4 cm³/mol. The van der Waals surface area contributed by atoms with Crippen molar-refractivity contribution in [1.82, 2.24) is 4.57 Å². The lowest BCUT2D eigenvalue weighted by Crippen LogP contribution is -2.09. The number of aromatic nitrogens is 1. The second-order valence-corrected chi connectivity index (χ2v) is 5.53. The number of aromatic carboxylic acids is 1. The first kappa shape index (κ1) is 14.4. The van der Waals surface area contributed by atoms with E-state index >= 15 is 0 Å². The third-order valence-electron chi connectivity index (χ3n) is 4.07. The number of carbonyl (C=O) groups is 1. The fourth-order valence-electron chi connectivity index (χ4n) is 3.06. The fraction of sp³-hybridized carbons (Fsp3) is 0.211. The number of fused-ring (bicyclic) bond motifs is 1. The van der Waals surface area contributed by atoms with Gasteiger partial charge in [-0.05, 0) is 42.2 Å². The van der Waals surface area contributed by atoms with Crippen molar-refractivity contribution in [2.75, 3.05) is 0 Å². The molecule has 0 amide bonds. The molecule has 3 heteroatoms. The van der Waals surface area contributed by atoms with E-state index in [2.05, 4.69) is 31.2 Å². The van der Waals surface area contributed by atoms with Crippen molar-refractivity contribution < 1.29 is 9.90 Å². The highest BCUT2D eigenvalue weighted by molar-refractivity contribution is 5.99. The van der Waals surface area contributed by atoms with E-state index in [1.807, 2.05) is 35.8 Å². The van der Waals surface area contributed by atoms with Gasteiger partial charge in [-0.3, -0.25) is 0 Å². The number of aryl methyl sites for hydroxylation is 2. The minimum atomic E-state index is -0.858. The van der Waals surface area contributed by atoms with Crippen LogP contribution in [0.5, 0.6) is 0 Å². The molecule has 0 aliphatic rings. The minimum Gasteiger partial charge on any atom is -0.477 e. The zero-order valence-corrected chi connectivity index (χ0v) is 12.8. The molecule has 2 aromatic carbocycles. The molecule has 0 saturated heterocycles. The van der Waals surface area contributed by atoms with E-state index in [1.165, 1.54) is 0 Å². The molecule has 3 rings (SSSR count). The summed E-state index contributed by atoms with van der Waals surface area (Å²) < 4.78 is 1.92. The highest BCUT2D eigenvalue weighted by Crippen LogP contribution is 2.30. The van der Waals surface area contributed by atoms with Gasteiger partial charge >= 0.3 is 5.97 Å². The Balaban J connectivity index is 2.25. The predicted octanol–water partition coefficient (Wildman–Crippen LogP) is 4.72. The van der Waals surface area contributed by atoms with Crippen molar-refractivity contribution in [1.29, 1.82) is 0 Å². The first-order valence-electron chi connectivity index (χ1n) is 7.55. The maximum Gasteiger partial charge on any atom is 0.352 e. The first-order valence-corrected chi connectivity index (χ1v) is 7.55. The van der Waals surface area contributed by atoms with Crippen molar-refractivity contribution in [2.45, 2.75) is 26.8 Å². The highest BCUT2D eigenvalue weighted by Gasteiger charge is 2.19. The Morgan fingerprint density at radius 2 is 1.82 bits per heavy atom. The van der Waals surface area contributed by atoms with E-state index in [0.717, 1.165) is 40.6 Å². The number of rotatable bonds is 4. The normalized spacial score (nSPS) is 11.0. The third-order valence-corrected chi connectivity index (χ3v) is 4.07. The molecular weight excluding hydrogens is 274 g/mol. The second kappa shape index (κ2) is 5.68. The molecule has 0 radical (unpaired) electrons. The number of carboxylic acids is 1. The lowest BCUT2D eigenvalue weighted by atomic mass is 10.0. The van der Waals surface area contributed by atoms with Gasteiger partial charge in [-0.1, -0.05) is 43.3 Å². The lowest BCUT2D eigenvalue weighted by molar-refractivity contribution is 0.0684. The maximum atomic E-state index is 11.6. The Hall–Kier alpha value is -2.55. The van der Waals surface area contributed by atoms with Crippen LogP contribution in [0, 0.1) is 6.92 Å². The van der Waals surface area contributed by atoms with Crippen molar-refractivity contribution in [3.05, 3.63) is 59.8 Å². The smallest absolute Gasteiger partial charge is 0.352 e. The molecule has 1 N–H and O–H groups in total. The number of carboxylic acid groups (broad SMARTS) is 1. The van der Waals surface area contributed by atoms with Gasteiger partial charge in [0.15, 0.2) is 0 Å². The Morgan fingerprint density at radius 3 is 2.45 bits per heavy atom. The van der Waals surface area contributed by atoms with Gasteiger partial charge in [0.05, 0.1) is 0 Å². The van der Waals surface area contributed by atoms with Crippen LogP contribution in [-0.4, -0.2) is 15.6 Å². The van der Waals surface area contributed by atoms with Gasteiger partial charge in [-0.15, -0.1) is 0 Å². The van der Waals surface area contributed by atoms with Gasteiger partial charge in [0.1, 0.15) is 5.69 Å². The Kier molecular flexibility index (Phi) is 3.72. The molecule has 0 atom stereocenters. The summed E-state index contributed by atoms with van der Waals surface area (Å²) in [4.78, 5) is 11.6. The Labute approximate surface area is 129 Å². The number of hydrogen-bond donors (Lipinski definition) is 1. The number of benzene rings is 2. The van der Waals surface area contributed by atoms with Gasteiger partial charge in [0.25, 0.3) is 0 Å². The van der Waals surface area contributed by atoms with Gasteiger partial charge in [0, 0.05) is 17.4 Å². The van der Waals surface area contributed by atoms with Crippen LogP contribution in [0.3, 0.4) is 0 Å². The summed E-state index contributed by atoms with van der Waals surface area (Å²) in [7, 11) is 0. The summed E-state index contributed by atoms with van der Waals surface area (Å²) in [5.74, 6) is -0.858. The maximum absolute atomic E-state index is 11.6. The monoisotopic (exact) mass is 293 g/mol. The molecule has 112 valence electrons. The molecule has 1 aromatic heterocycles. The van der Waals surface area contributed by atoms with E-state index in [0.29, 0.717) is 5.69 Å². The highest BCUT2D eigenvalue weighted by atomic mass is 16.4.